The fraction of sp³-hybridized carbons (Fsp3) is 0.143. The minimum absolute atomic E-state index is 0.242. The van der Waals surface area contributed by atoms with Gasteiger partial charge in [0, 0.05) is 18.0 Å². The second kappa shape index (κ2) is 4.49. The number of rotatable bonds is 2. The molecule has 0 radical (unpaired) electrons. The Labute approximate surface area is 104 Å². The molecule has 0 bridgehead atoms. The Morgan fingerprint density at radius 2 is 1.89 bits per heavy atom. The third-order valence-corrected chi connectivity index (χ3v) is 2.86. The first kappa shape index (κ1) is 12.1. The van der Waals surface area contributed by atoms with Gasteiger partial charge in [-0.2, -0.15) is 0 Å². The van der Waals surface area contributed by atoms with E-state index in [0.717, 1.165) is 16.7 Å². The molecule has 0 saturated heterocycles. The van der Waals surface area contributed by atoms with Gasteiger partial charge in [-0.25, -0.2) is 4.79 Å². The van der Waals surface area contributed by atoms with Gasteiger partial charge in [0.15, 0.2) is 0 Å². The Hall–Kier alpha value is -2.36. The number of hydrogen-bond acceptors (Lipinski definition) is 2. The molecule has 1 aromatic heterocycles. The third kappa shape index (κ3) is 2.05. The first-order valence-corrected chi connectivity index (χ1v) is 5.52. The van der Waals surface area contributed by atoms with Crippen molar-refractivity contribution in [2.75, 3.05) is 0 Å². The van der Waals surface area contributed by atoms with Gasteiger partial charge in [-0.1, -0.05) is 23.8 Å². The van der Waals surface area contributed by atoms with Gasteiger partial charge in [-0.05, 0) is 25.0 Å². The van der Waals surface area contributed by atoms with E-state index >= 15 is 0 Å². The van der Waals surface area contributed by atoms with E-state index in [-0.39, 0.29) is 5.56 Å². The number of aromatic nitrogens is 1. The summed E-state index contributed by atoms with van der Waals surface area (Å²) in [6, 6.07) is 5.75. The predicted molar refractivity (Wildman–Crippen MR) is 68.9 cm³/mol. The number of hydrogen-bond donors (Lipinski definition) is 2. The number of nitrogens with one attached hydrogen (secondary N) is 1. The van der Waals surface area contributed by atoms with Crippen molar-refractivity contribution in [1.29, 1.82) is 0 Å². The van der Waals surface area contributed by atoms with Gasteiger partial charge in [0.25, 0.3) is 0 Å². The molecule has 0 amide bonds. The van der Waals surface area contributed by atoms with Crippen molar-refractivity contribution in [1.82, 2.24) is 4.98 Å². The maximum atomic E-state index is 12.1. The van der Waals surface area contributed by atoms with Crippen LogP contribution in [0.1, 0.15) is 21.5 Å². The van der Waals surface area contributed by atoms with Crippen molar-refractivity contribution in [3.63, 3.8) is 0 Å². The molecule has 4 nitrogen and oxygen atoms in total. The summed E-state index contributed by atoms with van der Waals surface area (Å²) in [6.45, 7) is 3.82. The average molecular weight is 243 g/mol. The molecule has 0 aliphatic heterocycles. The van der Waals surface area contributed by atoms with Crippen LogP contribution in [0, 0.1) is 13.8 Å². The molecule has 4 heteroatoms. The summed E-state index contributed by atoms with van der Waals surface area (Å²) in [5.74, 6) is -1.22. The van der Waals surface area contributed by atoms with Crippen LogP contribution in [0.25, 0.3) is 11.1 Å². The van der Waals surface area contributed by atoms with Crippen LogP contribution >= 0.6 is 0 Å². The van der Waals surface area contributed by atoms with Gasteiger partial charge >= 0.3 is 5.97 Å². The lowest BCUT2D eigenvalue weighted by Crippen LogP contribution is -2.17. The predicted octanol–water partition coefficient (Wildman–Crippen LogP) is 2.36. The molecule has 0 atom stereocenters. The fourth-order valence-corrected chi connectivity index (χ4v) is 1.87. The normalized spacial score (nSPS) is 10.3. The average Bonchev–Trinajstić information content (AvgIpc) is 2.32. The van der Waals surface area contributed by atoms with Crippen molar-refractivity contribution in [3.05, 3.63) is 57.5 Å². The van der Waals surface area contributed by atoms with Crippen LogP contribution in [0.4, 0.5) is 0 Å². The van der Waals surface area contributed by atoms with Crippen LogP contribution in [-0.4, -0.2) is 16.1 Å². The third-order valence-electron chi connectivity index (χ3n) is 2.86. The van der Waals surface area contributed by atoms with E-state index in [0.29, 0.717) is 5.56 Å². The van der Waals surface area contributed by atoms with Crippen molar-refractivity contribution in [2.45, 2.75) is 13.8 Å². The zero-order chi connectivity index (χ0) is 13.3. The van der Waals surface area contributed by atoms with Crippen molar-refractivity contribution in [2.24, 2.45) is 0 Å². The standard InChI is InChI=1S/C14H13NO3/c1-8-3-4-9(2)10(5-8)11-6-15-7-12(13(11)16)14(17)18/h3-7H,1-2H3,(H,15,16)(H,17,18). The largest absolute Gasteiger partial charge is 0.477 e. The molecular weight excluding hydrogens is 230 g/mol. The van der Waals surface area contributed by atoms with E-state index in [1.807, 2.05) is 32.0 Å². The smallest absolute Gasteiger partial charge is 0.341 e. The lowest BCUT2D eigenvalue weighted by Gasteiger charge is -2.07. The Kier molecular flexibility index (Phi) is 3.02. The molecule has 92 valence electrons. The Morgan fingerprint density at radius 1 is 1.17 bits per heavy atom. The van der Waals surface area contributed by atoms with Gasteiger partial charge in [-0.3, -0.25) is 4.79 Å². The highest BCUT2D eigenvalue weighted by molar-refractivity contribution is 5.88. The molecule has 0 aliphatic rings. The Balaban J connectivity index is 2.72. The summed E-state index contributed by atoms with van der Waals surface area (Å²) in [7, 11) is 0. The highest BCUT2D eigenvalue weighted by Crippen LogP contribution is 2.21. The van der Waals surface area contributed by atoms with E-state index in [1.165, 1.54) is 12.4 Å². The number of carbonyl (C=O) groups is 1. The van der Waals surface area contributed by atoms with Crippen molar-refractivity contribution in [3.8, 4) is 11.1 Å². The van der Waals surface area contributed by atoms with E-state index in [9.17, 15) is 9.59 Å². The van der Waals surface area contributed by atoms with E-state index in [4.69, 9.17) is 5.11 Å². The van der Waals surface area contributed by atoms with E-state index in [2.05, 4.69) is 4.98 Å². The molecule has 1 aromatic carbocycles. The van der Waals surface area contributed by atoms with Crippen LogP contribution in [-0.2, 0) is 0 Å². The van der Waals surface area contributed by atoms with Gasteiger partial charge in [-0.15, -0.1) is 0 Å². The number of pyridine rings is 1. The number of H-pyrrole nitrogens is 1. The van der Waals surface area contributed by atoms with Crippen molar-refractivity contribution < 1.29 is 9.90 Å². The molecule has 2 N–H and O–H groups in total. The topological polar surface area (TPSA) is 70.2 Å². The molecule has 1 heterocycles. The quantitative estimate of drug-likeness (QED) is 0.850. The fourth-order valence-electron chi connectivity index (χ4n) is 1.87. The van der Waals surface area contributed by atoms with Gasteiger partial charge in [0.2, 0.25) is 5.43 Å². The molecule has 18 heavy (non-hydrogen) atoms. The molecular formula is C14H13NO3. The molecule has 0 saturated carbocycles. The summed E-state index contributed by atoms with van der Waals surface area (Å²) in [5, 5.41) is 8.94. The number of aromatic amines is 1. The van der Waals surface area contributed by atoms with Crippen LogP contribution in [0.2, 0.25) is 0 Å². The zero-order valence-electron chi connectivity index (χ0n) is 10.2. The number of aromatic carboxylic acids is 1. The van der Waals surface area contributed by atoms with Gasteiger partial charge in [0.05, 0.1) is 0 Å². The van der Waals surface area contributed by atoms with Crippen LogP contribution in [0.15, 0.2) is 35.4 Å². The van der Waals surface area contributed by atoms with Crippen LogP contribution in [0.5, 0.6) is 0 Å². The summed E-state index contributed by atoms with van der Waals surface area (Å²) >= 11 is 0. The molecule has 0 aliphatic carbocycles. The number of carboxylic acids is 1. The monoisotopic (exact) mass is 243 g/mol. The first-order valence-electron chi connectivity index (χ1n) is 5.52. The summed E-state index contributed by atoms with van der Waals surface area (Å²) < 4.78 is 0. The lowest BCUT2D eigenvalue weighted by atomic mass is 9.98. The number of benzene rings is 1. The van der Waals surface area contributed by atoms with Crippen molar-refractivity contribution >= 4 is 5.97 Å². The van der Waals surface area contributed by atoms with Crippen LogP contribution < -0.4 is 5.43 Å². The van der Waals surface area contributed by atoms with Gasteiger partial charge in [0.1, 0.15) is 5.56 Å². The zero-order valence-corrected chi connectivity index (χ0v) is 10.2. The minimum Gasteiger partial charge on any atom is -0.477 e. The molecule has 0 unspecified atom stereocenters. The Morgan fingerprint density at radius 3 is 2.56 bits per heavy atom. The lowest BCUT2D eigenvalue weighted by molar-refractivity contribution is 0.0695. The molecule has 0 fully saturated rings. The highest BCUT2D eigenvalue weighted by atomic mass is 16.4. The summed E-state index contributed by atoms with van der Waals surface area (Å²) in [6.07, 6.45) is 2.75. The second-order valence-electron chi connectivity index (χ2n) is 4.24. The summed E-state index contributed by atoms with van der Waals surface area (Å²) in [5.41, 5.74) is 2.41. The maximum Gasteiger partial charge on any atom is 0.341 e. The Bertz CT molecular complexity index is 671. The number of carboxylic acid groups (broad SMARTS) is 1. The first-order chi connectivity index (χ1) is 8.50. The molecule has 0 spiro atoms. The van der Waals surface area contributed by atoms with E-state index in [1.54, 1.807) is 0 Å². The SMILES string of the molecule is Cc1ccc(C)c(-c2c[nH]cc(C(=O)O)c2=O)c1. The van der Waals surface area contributed by atoms with Crippen LogP contribution in [0.3, 0.4) is 0 Å². The number of aryl methyl sites for hydroxylation is 2. The molecule has 2 aromatic rings. The second-order valence-corrected chi connectivity index (χ2v) is 4.24. The van der Waals surface area contributed by atoms with E-state index < -0.39 is 11.4 Å². The highest BCUT2D eigenvalue weighted by Gasteiger charge is 2.14. The van der Waals surface area contributed by atoms with Gasteiger partial charge < -0.3 is 10.1 Å². The minimum atomic E-state index is -1.22. The summed E-state index contributed by atoms with van der Waals surface area (Å²) in [4.78, 5) is 25.7. The molecule has 2 rings (SSSR count). The maximum absolute atomic E-state index is 12.1.